The van der Waals surface area contributed by atoms with E-state index in [-0.39, 0.29) is 19.1 Å². The van der Waals surface area contributed by atoms with Gasteiger partial charge in [-0.3, -0.25) is 0 Å². The number of aliphatic hydroxyl groups is 2. The average Bonchev–Trinajstić information content (AvgIpc) is 2.27. The van der Waals surface area contributed by atoms with E-state index in [4.69, 9.17) is 9.84 Å². The highest BCUT2D eigenvalue weighted by Gasteiger charge is 2.13. The lowest BCUT2D eigenvalue weighted by atomic mass is 10.1. The minimum absolute atomic E-state index is 0.0631. The second kappa shape index (κ2) is 6.56. The highest BCUT2D eigenvalue weighted by atomic mass is 16.6. The third-order valence-corrected chi connectivity index (χ3v) is 2.24. The van der Waals surface area contributed by atoms with Crippen molar-refractivity contribution in [1.29, 1.82) is 0 Å². The van der Waals surface area contributed by atoms with Crippen LogP contribution >= 0.6 is 0 Å². The van der Waals surface area contributed by atoms with Crippen molar-refractivity contribution in [1.82, 2.24) is 0 Å². The molecule has 0 aliphatic heterocycles. The maximum atomic E-state index is 9.43. The van der Waals surface area contributed by atoms with Crippen LogP contribution in [0, 0.1) is 0 Å². The van der Waals surface area contributed by atoms with Gasteiger partial charge in [0.25, 0.3) is 0 Å². The lowest BCUT2D eigenvalue weighted by Crippen LogP contribution is -2.17. The molecule has 2 N–H and O–H groups in total. The van der Waals surface area contributed by atoms with Crippen LogP contribution in [0.4, 0.5) is 0 Å². The first-order valence-electron chi connectivity index (χ1n) is 5.27. The van der Waals surface area contributed by atoms with E-state index in [1.165, 1.54) is 0 Å². The van der Waals surface area contributed by atoms with E-state index in [0.717, 1.165) is 12.0 Å². The van der Waals surface area contributed by atoms with Gasteiger partial charge in [-0.15, -0.1) is 0 Å². The molecule has 0 aliphatic rings. The SMILES string of the molecule is CCC(OC(O)CCO)c1ccccc1. The van der Waals surface area contributed by atoms with Gasteiger partial charge in [0.1, 0.15) is 0 Å². The van der Waals surface area contributed by atoms with Crippen molar-refractivity contribution in [2.75, 3.05) is 6.61 Å². The quantitative estimate of drug-likeness (QED) is 0.704. The Labute approximate surface area is 90.3 Å². The van der Waals surface area contributed by atoms with Crippen LogP contribution in [-0.4, -0.2) is 23.1 Å². The van der Waals surface area contributed by atoms with Crippen molar-refractivity contribution in [2.45, 2.75) is 32.2 Å². The van der Waals surface area contributed by atoms with E-state index < -0.39 is 6.29 Å². The van der Waals surface area contributed by atoms with Crippen molar-refractivity contribution in [3.05, 3.63) is 35.9 Å². The minimum atomic E-state index is -0.889. The molecule has 0 fully saturated rings. The molecule has 0 spiro atoms. The summed E-state index contributed by atoms with van der Waals surface area (Å²) in [7, 11) is 0. The van der Waals surface area contributed by atoms with Gasteiger partial charge in [-0.25, -0.2) is 0 Å². The molecule has 1 aromatic carbocycles. The molecule has 1 aromatic rings. The topological polar surface area (TPSA) is 49.7 Å². The van der Waals surface area contributed by atoms with Crippen molar-refractivity contribution in [2.24, 2.45) is 0 Å². The number of hydrogen-bond donors (Lipinski definition) is 2. The van der Waals surface area contributed by atoms with E-state index in [0.29, 0.717) is 0 Å². The largest absolute Gasteiger partial charge is 0.396 e. The first-order chi connectivity index (χ1) is 7.27. The summed E-state index contributed by atoms with van der Waals surface area (Å²) in [5, 5.41) is 18.1. The maximum Gasteiger partial charge on any atom is 0.157 e. The summed E-state index contributed by atoms with van der Waals surface area (Å²) in [6.45, 7) is 1.94. The first-order valence-corrected chi connectivity index (χ1v) is 5.27. The van der Waals surface area contributed by atoms with Crippen LogP contribution in [0.1, 0.15) is 31.4 Å². The van der Waals surface area contributed by atoms with Gasteiger partial charge in [0.05, 0.1) is 6.10 Å². The molecule has 3 nitrogen and oxygen atoms in total. The van der Waals surface area contributed by atoms with Crippen LogP contribution in [0.25, 0.3) is 0 Å². The lowest BCUT2D eigenvalue weighted by molar-refractivity contribution is -0.146. The minimum Gasteiger partial charge on any atom is -0.396 e. The Morgan fingerprint density at radius 2 is 1.93 bits per heavy atom. The fourth-order valence-corrected chi connectivity index (χ4v) is 1.45. The Bertz CT molecular complexity index is 261. The Balaban J connectivity index is 2.56. The second-order valence-corrected chi connectivity index (χ2v) is 3.41. The number of ether oxygens (including phenoxy) is 1. The summed E-state index contributed by atoms with van der Waals surface area (Å²) >= 11 is 0. The number of hydrogen-bond acceptors (Lipinski definition) is 3. The third kappa shape index (κ3) is 4.00. The molecule has 1 rings (SSSR count). The molecule has 15 heavy (non-hydrogen) atoms. The van der Waals surface area contributed by atoms with Crippen LogP contribution < -0.4 is 0 Å². The molecule has 0 saturated heterocycles. The van der Waals surface area contributed by atoms with Gasteiger partial charge in [0.15, 0.2) is 6.29 Å². The Morgan fingerprint density at radius 1 is 1.27 bits per heavy atom. The summed E-state index contributed by atoms with van der Waals surface area (Å²) in [6.07, 6.45) is 0.0587. The van der Waals surface area contributed by atoms with Crippen LogP contribution in [0.15, 0.2) is 30.3 Å². The van der Waals surface area contributed by atoms with Gasteiger partial charge in [-0.05, 0) is 12.0 Å². The fourth-order valence-electron chi connectivity index (χ4n) is 1.45. The average molecular weight is 210 g/mol. The summed E-state index contributed by atoms with van der Waals surface area (Å²) in [6, 6.07) is 9.78. The maximum absolute atomic E-state index is 9.43. The van der Waals surface area contributed by atoms with Gasteiger partial charge >= 0.3 is 0 Å². The van der Waals surface area contributed by atoms with Crippen molar-refractivity contribution >= 4 is 0 Å². The van der Waals surface area contributed by atoms with Crippen molar-refractivity contribution < 1.29 is 14.9 Å². The van der Waals surface area contributed by atoms with Gasteiger partial charge in [-0.1, -0.05) is 37.3 Å². The van der Waals surface area contributed by atoms with Gasteiger partial charge < -0.3 is 14.9 Å². The molecular weight excluding hydrogens is 192 g/mol. The number of aliphatic hydroxyl groups excluding tert-OH is 2. The lowest BCUT2D eigenvalue weighted by Gasteiger charge is -2.20. The normalized spacial score (nSPS) is 14.9. The highest BCUT2D eigenvalue weighted by molar-refractivity contribution is 5.17. The molecule has 84 valence electrons. The second-order valence-electron chi connectivity index (χ2n) is 3.41. The van der Waals surface area contributed by atoms with Crippen molar-refractivity contribution in [3.63, 3.8) is 0 Å². The fraction of sp³-hybridized carbons (Fsp3) is 0.500. The van der Waals surface area contributed by atoms with Gasteiger partial charge in [-0.2, -0.15) is 0 Å². The van der Waals surface area contributed by atoms with Gasteiger partial charge in [0, 0.05) is 13.0 Å². The molecular formula is C12H18O3. The summed E-state index contributed by atoms with van der Waals surface area (Å²) in [5.74, 6) is 0. The van der Waals surface area contributed by atoms with Crippen LogP contribution in [0.2, 0.25) is 0 Å². The van der Waals surface area contributed by atoms with E-state index >= 15 is 0 Å². The van der Waals surface area contributed by atoms with Crippen LogP contribution in [0.5, 0.6) is 0 Å². The zero-order valence-electron chi connectivity index (χ0n) is 8.97. The van der Waals surface area contributed by atoms with Crippen LogP contribution in [-0.2, 0) is 4.74 Å². The molecule has 0 bridgehead atoms. The smallest absolute Gasteiger partial charge is 0.157 e. The molecule has 2 unspecified atom stereocenters. The Morgan fingerprint density at radius 3 is 2.47 bits per heavy atom. The molecule has 0 saturated carbocycles. The molecule has 0 amide bonds. The zero-order chi connectivity index (χ0) is 11.1. The molecule has 0 heterocycles. The standard InChI is InChI=1S/C12H18O3/c1-2-11(15-12(14)8-9-13)10-6-4-3-5-7-10/h3-7,11-14H,2,8-9H2,1H3. The Kier molecular flexibility index (Phi) is 5.32. The predicted molar refractivity (Wildman–Crippen MR) is 58.3 cm³/mol. The Hall–Kier alpha value is -0.900. The van der Waals surface area contributed by atoms with E-state index in [1.807, 2.05) is 37.3 Å². The summed E-state index contributed by atoms with van der Waals surface area (Å²) in [5.41, 5.74) is 1.05. The monoisotopic (exact) mass is 210 g/mol. The highest BCUT2D eigenvalue weighted by Crippen LogP contribution is 2.22. The summed E-state index contributed by atoms with van der Waals surface area (Å²) in [4.78, 5) is 0. The molecule has 0 aliphatic carbocycles. The van der Waals surface area contributed by atoms with E-state index in [2.05, 4.69) is 0 Å². The van der Waals surface area contributed by atoms with E-state index in [9.17, 15) is 5.11 Å². The third-order valence-electron chi connectivity index (χ3n) is 2.24. The van der Waals surface area contributed by atoms with Crippen LogP contribution in [0.3, 0.4) is 0 Å². The first kappa shape index (κ1) is 12.2. The van der Waals surface area contributed by atoms with Crippen molar-refractivity contribution in [3.8, 4) is 0 Å². The predicted octanol–water partition coefficient (Wildman–Crippen LogP) is 1.86. The number of benzene rings is 1. The number of rotatable bonds is 6. The zero-order valence-corrected chi connectivity index (χ0v) is 8.97. The molecule has 0 radical (unpaired) electrons. The molecule has 3 heteroatoms. The molecule has 2 atom stereocenters. The van der Waals surface area contributed by atoms with E-state index in [1.54, 1.807) is 0 Å². The van der Waals surface area contributed by atoms with Gasteiger partial charge in [0.2, 0.25) is 0 Å². The molecule has 0 aromatic heterocycles. The summed E-state index contributed by atoms with van der Waals surface area (Å²) < 4.78 is 5.42.